The van der Waals surface area contributed by atoms with Crippen LogP contribution in [0, 0.1) is 5.92 Å². The second-order valence-electron chi connectivity index (χ2n) is 5.86. The topological polar surface area (TPSA) is 61.4 Å². The van der Waals surface area contributed by atoms with Gasteiger partial charge in [-0.3, -0.25) is 9.59 Å². The molecule has 0 aliphatic heterocycles. The Morgan fingerprint density at radius 2 is 1.90 bits per heavy atom. The highest BCUT2D eigenvalue weighted by atomic mass is 16.2. The SMILES string of the molecule is CNCCN(C)C(=O)C(C)NC(=O)CC1CCCCC1. The first-order valence-electron chi connectivity index (χ1n) is 7.73. The second-order valence-corrected chi connectivity index (χ2v) is 5.86. The van der Waals surface area contributed by atoms with E-state index >= 15 is 0 Å². The molecule has 0 saturated heterocycles. The molecule has 1 rings (SSSR count). The van der Waals surface area contributed by atoms with Crippen molar-refractivity contribution in [3.05, 3.63) is 0 Å². The third-order valence-electron chi connectivity index (χ3n) is 4.02. The van der Waals surface area contributed by atoms with Crippen LogP contribution in [0.15, 0.2) is 0 Å². The Labute approximate surface area is 122 Å². The summed E-state index contributed by atoms with van der Waals surface area (Å²) in [6.45, 7) is 3.17. The first kappa shape index (κ1) is 17.0. The average Bonchev–Trinajstić information content (AvgIpc) is 2.44. The molecule has 0 aromatic heterocycles. The van der Waals surface area contributed by atoms with Crippen LogP contribution in [-0.4, -0.2) is 49.9 Å². The van der Waals surface area contributed by atoms with Crippen LogP contribution in [0.1, 0.15) is 45.4 Å². The number of rotatable bonds is 7. The molecular formula is C15H29N3O2. The molecule has 5 nitrogen and oxygen atoms in total. The molecule has 0 aromatic carbocycles. The van der Waals surface area contributed by atoms with Gasteiger partial charge >= 0.3 is 0 Å². The lowest BCUT2D eigenvalue weighted by molar-refractivity contribution is -0.135. The molecule has 1 fully saturated rings. The molecule has 116 valence electrons. The number of amides is 2. The van der Waals surface area contributed by atoms with Crippen molar-refractivity contribution in [1.29, 1.82) is 0 Å². The van der Waals surface area contributed by atoms with Crippen LogP contribution in [0.25, 0.3) is 0 Å². The van der Waals surface area contributed by atoms with Gasteiger partial charge in [0.2, 0.25) is 11.8 Å². The van der Waals surface area contributed by atoms with E-state index in [1.54, 1.807) is 18.9 Å². The molecule has 1 unspecified atom stereocenters. The van der Waals surface area contributed by atoms with Gasteiger partial charge in [-0.25, -0.2) is 0 Å². The van der Waals surface area contributed by atoms with E-state index in [2.05, 4.69) is 10.6 Å². The van der Waals surface area contributed by atoms with Crippen molar-refractivity contribution in [1.82, 2.24) is 15.5 Å². The highest BCUT2D eigenvalue weighted by molar-refractivity contribution is 5.87. The van der Waals surface area contributed by atoms with Crippen molar-refractivity contribution in [2.45, 2.75) is 51.5 Å². The Morgan fingerprint density at radius 1 is 1.25 bits per heavy atom. The van der Waals surface area contributed by atoms with E-state index in [1.807, 2.05) is 7.05 Å². The fourth-order valence-corrected chi connectivity index (χ4v) is 2.74. The van der Waals surface area contributed by atoms with Crippen LogP contribution in [-0.2, 0) is 9.59 Å². The molecule has 1 atom stereocenters. The third-order valence-corrected chi connectivity index (χ3v) is 4.02. The predicted octanol–water partition coefficient (Wildman–Crippen LogP) is 1.14. The zero-order valence-corrected chi connectivity index (χ0v) is 13.1. The Kier molecular flexibility index (Phi) is 7.59. The van der Waals surface area contributed by atoms with Crippen molar-refractivity contribution in [3.8, 4) is 0 Å². The fraction of sp³-hybridized carbons (Fsp3) is 0.867. The van der Waals surface area contributed by atoms with Crippen molar-refractivity contribution >= 4 is 11.8 Å². The first-order chi connectivity index (χ1) is 9.54. The van der Waals surface area contributed by atoms with E-state index in [4.69, 9.17) is 0 Å². The molecule has 5 heteroatoms. The summed E-state index contributed by atoms with van der Waals surface area (Å²) in [6.07, 6.45) is 6.63. The molecule has 0 radical (unpaired) electrons. The highest BCUT2D eigenvalue weighted by Crippen LogP contribution is 2.26. The summed E-state index contributed by atoms with van der Waals surface area (Å²) in [6, 6.07) is -0.437. The Morgan fingerprint density at radius 3 is 2.50 bits per heavy atom. The molecular weight excluding hydrogens is 254 g/mol. The molecule has 0 heterocycles. The van der Waals surface area contributed by atoms with E-state index in [9.17, 15) is 9.59 Å². The molecule has 1 aliphatic carbocycles. The van der Waals surface area contributed by atoms with Gasteiger partial charge in [0.15, 0.2) is 0 Å². The van der Waals surface area contributed by atoms with Crippen LogP contribution in [0.2, 0.25) is 0 Å². The van der Waals surface area contributed by atoms with Crippen LogP contribution < -0.4 is 10.6 Å². The summed E-state index contributed by atoms with van der Waals surface area (Å²) >= 11 is 0. The second kappa shape index (κ2) is 8.95. The Bertz CT molecular complexity index is 314. The zero-order chi connectivity index (χ0) is 15.0. The maximum Gasteiger partial charge on any atom is 0.244 e. The molecule has 20 heavy (non-hydrogen) atoms. The lowest BCUT2D eigenvalue weighted by atomic mass is 9.87. The molecule has 0 aromatic rings. The standard InChI is InChI=1S/C15H29N3O2/c1-12(15(20)18(3)10-9-16-2)17-14(19)11-13-7-5-4-6-8-13/h12-13,16H,4-11H2,1-3H3,(H,17,19). The van der Waals surface area contributed by atoms with Gasteiger partial charge in [0.05, 0.1) is 0 Å². The lowest BCUT2D eigenvalue weighted by Gasteiger charge is -2.24. The molecule has 0 spiro atoms. The van der Waals surface area contributed by atoms with Crippen LogP contribution >= 0.6 is 0 Å². The van der Waals surface area contributed by atoms with Gasteiger partial charge in [0, 0.05) is 26.6 Å². The lowest BCUT2D eigenvalue weighted by Crippen LogP contribution is -2.47. The van der Waals surface area contributed by atoms with E-state index in [1.165, 1.54) is 19.3 Å². The molecule has 2 amide bonds. The van der Waals surface area contributed by atoms with Crippen molar-refractivity contribution in [3.63, 3.8) is 0 Å². The fourth-order valence-electron chi connectivity index (χ4n) is 2.74. The number of likely N-dealkylation sites (N-methyl/N-ethyl adjacent to an activating group) is 2. The van der Waals surface area contributed by atoms with Crippen molar-refractivity contribution < 1.29 is 9.59 Å². The minimum absolute atomic E-state index is 0.0137. The zero-order valence-electron chi connectivity index (χ0n) is 13.1. The maximum atomic E-state index is 12.1. The smallest absolute Gasteiger partial charge is 0.244 e. The van der Waals surface area contributed by atoms with E-state index in [-0.39, 0.29) is 11.8 Å². The van der Waals surface area contributed by atoms with Crippen molar-refractivity contribution in [2.75, 3.05) is 27.2 Å². The van der Waals surface area contributed by atoms with Gasteiger partial charge in [-0.15, -0.1) is 0 Å². The van der Waals surface area contributed by atoms with Crippen LogP contribution in [0.3, 0.4) is 0 Å². The van der Waals surface area contributed by atoms with Gasteiger partial charge in [0.1, 0.15) is 6.04 Å². The van der Waals surface area contributed by atoms with Gasteiger partial charge in [-0.05, 0) is 32.7 Å². The number of nitrogens with zero attached hydrogens (tertiary/aromatic N) is 1. The largest absolute Gasteiger partial charge is 0.345 e. The quantitative estimate of drug-likeness (QED) is 0.736. The predicted molar refractivity (Wildman–Crippen MR) is 80.4 cm³/mol. The summed E-state index contributed by atoms with van der Waals surface area (Å²) in [4.78, 5) is 25.7. The number of nitrogens with one attached hydrogen (secondary N) is 2. The first-order valence-corrected chi connectivity index (χ1v) is 7.73. The van der Waals surface area contributed by atoms with Crippen molar-refractivity contribution in [2.24, 2.45) is 5.92 Å². The molecule has 1 aliphatic rings. The number of carbonyl (C=O) groups is 2. The summed E-state index contributed by atoms with van der Waals surface area (Å²) in [5, 5.41) is 5.84. The average molecular weight is 283 g/mol. The van der Waals surface area contributed by atoms with Crippen LogP contribution in [0.5, 0.6) is 0 Å². The summed E-state index contributed by atoms with van der Waals surface area (Å²) in [7, 11) is 3.62. The van der Waals surface area contributed by atoms with Gasteiger partial charge in [-0.2, -0.15) is 0 Å². The summed E-state index contributed by atoms with van der Waals surface area (Å²) in [5.74, 6) is 0.491. The van der Waals surface area contributed by atoms with E-state index in [0.717, 1.165) is 19.4 Å². The van der Waals surface area contributed by atoms with Crippen LogP contribution in [0.4, 0.5) is 0 Å². The number of hydrogen-bond acceptors (Lipinski definition) is 3. The molecule has 2 N–H and O–H groups in total. The monoisotopic (exact) mass is 283 g/mol. The van der Waals surface area contributed by atoms with E-state index < -0.39 is 6.04 Å². The third kappa shape index (κ3) is 5.90. The van der Waals surface area contributed by atoms with Gasteiger partial charge < -0.3 is 15.5 Å². The van der Waals surface area contributed by atoms with E-state index in [0.29, 0.717) is 18.9 Å². The Balaban J connectivity index is 2.30. The highest BCUT2D eigenvalue weighted by Gasteiger charge is 2.22. The summed E-state index contributed by atoms with van der Waals surface area (Å²) < 4.78 is 0. The Hall–Kier alpha value is -1.10. The normalized spacial score (nSPS) is 17.6. The number of hydrogen-bond donors (Lipinski definition) is 2. The molecule has 1 saturated carbocycles. The maximum absolute atomic E-state index is 12.1. The van der Waals surface area contributed by atoms with Gasteiger partial charge in [-0.1, -0.05) is 19.3 Å². The minimum Gasteiger partial charge on any atom is -0.345 e. The minimum atomic E-state index is -0.437. The van der Waals surface area contributed by atoms with Gasteiger partial charge in [0.25, 0.3) is 0 Å². The molecule has 0 bridgehead atoms. The summed E-state index contributed by atoms with van der Waals surface area (Å²) in [5.41, 5.74) is 0. The number of carbonyl (C=O) groups excluding carboxylic acids is 2.